The average molecular weight is 304 g/mol. The molecule has 1 atom stereocenters. The summed E-state index contributed by atoms with van der Waals surface area (Å²) in [6.45, 7) is 3.73. The van der Waals surface area contributed by atoms with Crippen molar-refractivity contribution in [2.45, 2.75) is 51.0 Å². The minimum atomic E-state index is -4.49. The third-order valence-corrected chi connectivity index (χ3v) is 3.60. The summed E-state index contributed by atoms with van der Waals surface area (Å²) in [6, 6.07) is 0.879. The van der Waals surface area contributed by atoms with E-state index < -0.39 is 23.3 Å². The van der Waals surface area contributed by atoms with Crippen LogP contribution in [0, 0.1) is 5.92 Å². The molecule has 1 aliphatic carbocycles. The van der Waals surface area contributed by atoms with Gasteiger partial charge in [0.15, 0.2) is 5.69 Å². The lowest BCUT2D eigenvalue weighted by Crippen LogP contribution is -2.61. The van der Waals surface area contributed by atoms with Crippen LogP contribution in [-0.4, -0.2) is 27.3 Å². The summed E-state index contributed by atoms with van der Waals surface area (Å²) in [6.07, 6.45) is -1.61. The van der Waals surface area contributed by atoms with Gasteiger partial charge in [-0.3, -0.25) is 14.8 Å². The third kappa shape index (κ3) is 3.37. The van der Waals surface area contributed by atoms with E-state index in [1.54, 1.807) is 0 Å². The maximum atomic E-state index is 12.6. The average Bonchev–Trinajstić information content (AvgIpc) is 3.07. The van der Waals surface area contributed by atoms with Crippen LogP contribution < -0.4 is 11.1 Å². The zero-order valence-electron chi connectivity index (χ0n) is 11.9. The second-order valence-corrected chi connectivity index (χ2v) is 5.81. The summed E-state index contributed by atoms with van der Waals surface area (Å²) < 4.78 is 38.9. The van der Waals surface area contributed by atoms with Gasteiger partial charge in [-0.1, -0.05) is 0 Å². The number of hydrogen-bond acceptors (Lipinski definition) is 3. The lowest BCUT2D eigenvalue weighted by molar-refractivity contribution is -0.141. The Kier molecular flexibility index (Phi) is 4.01. The molecule has 21 heavy (non-hydrogen) atoms. The molecule has 118 valence electrons. The number of rotatable bonds is 6. The highest BCUT2D eigenvalue weighted by atomic mass is 19.4. The molecule has 0 bridgehead atoms. The van der Waals surface area contributed by atoms with E-state index in [0.29, 0.717) is 0 Å². The largest absolute Gasteiger partial charge is 0.435 e. The first kappa shape index (κ1) is 15.8. The number of halogens is 3. The van der Waals surface area contributed by atoms with E-state index in [9.17, 15) is 18.0 Å². The Morgan fingerprint density at radius 1 is 1.52 bits per heavy atom. The highest BCUT2D eigenvalue weighted by Gasteiger charge is 2.50. The van der Waals surface area contributed by atoms with Gasteiger partial charge in [-0.15, -0.1) is 0 Å². The van der Waals surface area contributed by atoms with Crippen LogP contribution in [0.4, 0.5) is 13.2 Å². The summed E-state index contributed by atoms with van der Waals surface area (Å²) in [7, 11) is 0. The van der Waals surface area contributed by atoms with E-state index >= 15 is 0 Å². The number of hydrogen-bond donors (Lipinski definition) is 2. The normalized spacial score (nSPS) is 18.8. The number of nitrogens with one attached hydrogen (secondary N) is 1. The molecule has 1 heterocycles. The smallest absolute Gasteiger partial charge is 0.368 e. The molecule has 1 saturated carbocycles. The number of nitrogens with two attached hydrogens (primary N) is 1. The molecule has 0 saturated heterocycles. The molecule has 2 rings (SSSR count). The number of amides is 1. The number of aromatic nitrogens is 2. The van der Waals surface area contributed by atoms with Gasteiger partial charge in [-0.05, 0) is 38.7 Å². The predicted octanol–water partition coefficient (Wildman–Crippen LogP) is 1.53. The van der Waals surface area contributed by atoms with Gasteiger partial charge in [0.2, 0.25) is 5.91 Å². The molecule has 8 heteroatoms. The topological polar surface area (TPSA) is 72.9 Å². The number of alkyl halides is 3. The third-order valence-electron chi connectivity index (χ3n) is 3.60. The van der Waals surface area contributed by atoms with Crippen LogP contribution in [0.5, 0.6) is 0 Å². The predicted molar refractivity (Wildman–Crippen MR) is 70.2 cm³/mol. The molecule has 1 unspecified atom stereocenters. The van der Waals surface area contributed by atoms with Crippen LogP contribution in [0.2, 0.25) is 0 Å². The zero-order chi connectivity index (χ0) is 15.8. The fraction of sp³-hybridized carbons (Fsp3) is 0.692. The van der Waals surface area contributed by atoms with Crippen molar-refractivity contribution in [2.24, 2.45) is 11.7 Å². The number of carbonyl (C=O) groups is 1. The molecule has 5 nitrogen and oxygen atoms in total. The van der Waals surface area contributed by atoms with Crippen molar-refractivity contribution in [3.8, 4) is 0 Å². The lowest BCUT2D eigenvalue weighted by Gasteiger charge is -2.34. The Bertz CT molecular complexity index is 522. The van der Waals surface area contributed by atoms with E-state index in [4.69, 9.17) is 5.73 Å². The summed E-state index contributed by atoms with van der Waals surface area (Å²) in [4.78, 5) is 11.9. The van der Waals surface area contributed by atoms with Crippen LogP contribution in [-0.2, 0) is 17.5 Å². The van der Waals surface area contributed by atoms with Gasteiger partial charge in [0.25, 0.3) is 0 Å². The van der Waals surface area contributed by atoms with Crippen molar-refractivity contribution >= 4 is 5.91 Å². The van der Waals surface area contributed by atoms with Gasteiger partial charge in [-0.2, -0.15) is 18.3 Å². The van der Waals surface area contributed by atoms with E-state index in [2.05, 4.69) is 10.4 Å². The van der Waals surface area contributed by atoms with Gasteiger partial charge in [-0.25, -0.2) is 0 Å². The molecule has 1 aliphatic rings. The summed E-state index contributed by atoms with van der Waals surface area (Å²) in [5.41, 5.74) is 3.51. The van der Waals surface area contributed by atoms with Crippen LogP contribution >= 0.6 is 0 Å². The minimum Gasteiger partial charge on any atom is -0.368 e. The molecular formula is C13H19F3N4O. The highest BCUT2D eigenvalue weighted by molar-refractivity contribution is 5.85. The van der Waals surface area contributed by atoms with Crippen molar-refractivity contribution in [1.29, 1.82) is 0 Å². The molecule has 1 amide bonds. The fourth-order valence-corrected chi connectivity index (χ4v) is 2.59. The van der Waals surface area contributed by atoms with Crippen molar-refractivity contribution in [2.75, 3.05) is 0 Å². The van der Waals surface area contributed by atoms with Gasteiger partial charge in [0.05, 0.1) is 6.54 Å². The lowest BCUT2D eigenvalue weighted by atomic mass is 9.91. The maximum Gasteiger partial charge on any atom is 0.435 e. The van der Waals surface area contributed by atoms with E-state index in [1.165, 1.54) is 6.20 Å². The molecule has 1 aromatic heterocycles. The monoisotopic (exact) mass is 304 g/mol. The number of nitrogens with zero attached hydrogens (tertiary/aromatic N) is 2. The van der Waals surface area contributed by atoms with Gasteiger partial charge < -0.3 is 5.73 Å². The molecule has 3 N–H and O–H groups in total. The van der Waals surface area contributed by atoms with Gasteiger partial charge in [0.1, 0.15) is 5.54 Å². The van der Waals surface area contributed by atoms with Crippen LogP contribution in [0.15, 0.2) is 12.3 Å². The summed E-state index contributed by atoms with van der Waals surface area (Å²) in [5.74, 6) is -0.515. The van der Waals surface area contributed by atoms with Crippen LogP contribution in [0.3, 0.4) is 0 Å². The second kappa shape index (κ2) is 5.32. The first-order valence-electron chi connectivity index (χ1n) is 6.83. The Balaban J connectivity index is 2.26. The zero-order valence-corrected chi connectivity index (χ0v) is 11.9. The van der Waals surface area contributed by atoms with Gasteiger partial charge in [0, 0.05) is 12.2 Å². The first-order valence-corrected chi connectivity index (χ1v) is 6.83. The number of carbonyl (C=O) groups excluding carboxylic acids is 1. The standard InChI is InChI=1S/C13H19F3N4O/c1-8(2)18-12(11(17)21,9-3-4-9)7-20-6-5-10(19-20)13(14,15)16/h5-6,8-9,18H,3-4,7H2,1-2H3,(H2,17,21). The van der Waals surface area contributed by atoms with Gasteiger partial charge >= 0.3 is 6.18 Å². The highest BCUT2D eigenvalue weighted by Crippen LogP contribution is 2.41. The van der Waals surface area contributed by atoms with Crippen LogP contribution in [0.25, 0.3) is 0 Å². The Morgan fingerprint density at radius 3 is 2.52 bits per heavy atom. The second-order valence-electron chi connectivity index (χ2n) is 5.81. The first-order chi connectivity index (χ1) is 9.65. The van der Waals surface area contributed by atoms with E-state index in [0.717, 1.165) is 23.6 Å². The molecule has 0 spiro atoms. The Labute approximate surface area is 120 Å². The van der Waals surface area contributed by atoms with E-state index in [1.807, 2.05) is 13.8 Å². The van der Waals surface area contributed by atoms with Crippen molar-refractivity contribution in [3.63, 3.8) is 0 Å². The Hall–Kier alpha value is -1.57. The van der Waals surface area contributed by atoms with E-state index in [-0.39, 0.29) is 18.5 Å². The number of primary amides is 1. The summed E-state index contributed by atoms with van der Waals surface area (Å²) in [5, 5.41) is 6.64. The molecule has 0 radical (unpaired) electrons. The van der Waals surface area contributed by atoms with Crippen molar-refractivity contribution < 1.29 is 18.0 Å². The SMILES string of the molecule is CC(C)NC(Cn1ccc(C(F)(F)F)n1)(C(N)=O)C1CC1. The van der Waals surface area contributed by atoms with Crippen molar-refractivity contribution in [1.82, 2.24) is 15.1 Å². The summed E-state index contributed by atoms with van der Waals surface area (Å²) >= 11 is 0. The minimum absolute atomic E-state index is 0.00125. The maximum absolute atomic E-state index is 12.6. The van der Waals surface area contributed by atoms with Crippen LogP contribution in [0.1, 0.15) is 32.4 Å². The molecule has 1 aromatic rings. The van der Waals surface area contributed by atoms with Crippen molar-refractivity contribution in [3.05, 3.63) is 18.0 Å². The molecular weight excluding hydrogens is 285 g/mol. The Morgan fingerprint density at radius 2 is 2.14 bits per heavy atom. The molecule has 1 fully saturated rings. The fourth-order valence-electron chi connectivity index (χ4n) is 2.59. The quantitative estimate of drug-likeness (QED) is 0.837. The molecule has 0 aromatic carbocycles. The molecule has 0 aliphatic heterocycles.